The Morgan fingerprint density at radius 1 is 1.16 bits per heavy atom. The Hall–Kier alpha value is -1.11. The molecule has 0 spiro atoms. The molecule has 1 aromatic carbocycles. The van der Waals surface area contributed by atoms with E-state index < -0.39 is 5.54 Å². The third kappa shape index (κ3) is 2.91. The standard InChI is InChI=1S/C13H17ClN2O3/c14-10-1-2-11-9(4-15-12(11)3-10)5-16-13(6-17,7-18)8-19/h1-4,15-19H,5-8H2. The Morgan fingerprint density at radius 3 is 2.47 bits per heavy atom. The van der Waals surface area contributed by atoms with Crippen LogP contribution >= 0.6 is 11.6 Å². The van der Waals surface area contributed by atoms with Crippen LogP contribution in [0.4, 0.5) is 0 Å². The van der Waals surface area contributed by atoms with E-state index in [4.69, 9.17) is 11.6 Å². The molecule has 19 heavy (non-hydrogen) atoms. The van der Waals surface area contributed by atoms with E-state index in [0.717, 1.165) is 16.5 Å². The van der Waals surface area contributed by atoms with Crippen LogP contribution in [0.2, 0.25) is 5.02 Å². The highest BCUT2D eigenvalue weighted by Crippen LogP contribution is 2.22. The van der Waals surface area contributed by atoms with E-state index in [1.807, 2.05) is 18.3 Å². The van der Waals surface area contributed by atoms with E-state index in [1.165, 1.54) is 0 Å². The number of fused-ring (bicyclic) bond motifs is 1. The van der Waals surface area contributed by atoms with Crippen LogP contribution in [0.1, 0.15) is 5.56 Å². The number of aliphatic hydroxyl groups excluding tert-OH is 3. The van der Waals surface area contributed by atoms with E-state index in [1.54, 1.807) is 6.07 Å². The average molecular weight is 285 g/mol. The van der Waals surface area contributed by atoms with E-state index in [0.29, 0.717) is 11.6 Å². The average Bonchev–Trinajstić information content (AvgIpc) is 2.83. The highest BCUT2D eigenvalue weighted by atomic mass is 35.5. The Balaban J connectivity index is 2.18. The molecule has 0 aliphatic heterocycles. The maximum absolute atomic E-state index is 9.25. The predicted octanol–water partition coefficient (Wildman–Crippen LogP) is 0.627. The summed E-state index contributed by atoms with van der Waals surface area (Å²) in [6.07, 6.45) is 1.84. The number of nitrogens with one attached hydrogen (secondary N) is 2. The zero-order chi connectivity index (χ0) is 13.9. The van der Waals surface area contributed by atoms with E-state index in [2.05, 4.69) is 10.3 Å². The van der Waals surface area contributed by atoms with Gasteiger partial charge in [-0.15, -0.1) is 0 Å². The molecular weight excluding hydrogens is 268 g/mol. The second kappa shape index (κ2) is 5.90. The van der Waals surface area contributed by atoms with Gasteiger partial charge in [0.15, 0.2) is 0 Å². The lowest BCUT2D eigenvalue weighted by atomic mass is 10.0. The molecule has 104 valence electrons. The van der Waals surface area contributed by atoms with Crippen molar-refractivity contribution in [2.24, 2.45) is 0 Å². The Morgan fingerprint density at radius 2 is 1.84 bits per heavy atom. The SMILES string of the molecule is OCC(CO)(CO)NCc1c[nH]c2cc(Cl)ccc12. The van der Waals surface area contributed by atoms with Gasteiger partial charge in [-0.3, -0.25) is 0 Å². The largest absolute Gasteiger partial charge is 0.394 e. The van der Waals surface area contributed by atoms with Crippen molar-refractivity contribution in [1.82, 2.24) is 10.3 Å². The molecular formula is C13H17ClN2O3. The smallest absolute Gasteiger partial charge is 0.0884 e. The zero-order valence-corrected chi connectivity index (χ0v) is 11.1. The number of H-pyrrole nitrogens is 1. The van der Waals surface area contributed by atoms with Crippen molar-refractivity contribution in [1.29, 1.82) is 0 Å². The van der Waals surface area contributed by atoms with Crippen molar-refractivity contribution in [3.05, 3.63) is 35.0 Å². The van der Waals surface area contributed by atoms with Crippen molar-refractivity contribution >= 4 is 22.5 Å². The van der Waals surface area contributed by atoms with Gasteiger partial charge in [0, 0.05) is 28.7 Å². The van der Waals surface area contributed by atoms with Gasteiger partial charge in [0.1, 0.15) is 0 Å². The minimum atomic E-state index is -1.07. The summed E-state index contributed by atoms with van der Waals surface area (Å²) in [6, 6.07) is 5.54. The quantitative estimate of drug-likeness (QED) is 0.538. The number of aromatic amines is 1. The molecule has 0 saturated carbocycles. The highest BCUT2D eigenvalue weighted by Gasteiger charge is 2.27. The van der Waals surface area contributed by atoms with Gasteiger partial charge in [-0.25, -0.2) is 0 Å². The molecule has 0 amide bonds. The van der Waals surface area contributed by atoms with Gasteiger partial charge in [0.05, 0.1) is 25.4 Å². The van der Waals surface area contributed by atoms with E-state index >= 15 is 0 Å². The number of hydrogen-bond donors (Lipinski definition) is 5. The topological polar surface area (TPSA) is 88.5 Å². The second-order valence-corrected chi connectivity index (χ2v) is 5.05. The molecule has 0 aliphatic rings. The van der Waals surface area contributed by atoms with Gasteiger partial charge in [0.2, 0.25) is 0 Å². The first-order valence-corrected chi connectivity index (χ1v) is 6.35. The van der Waals surface area contributed by atoms with Crippen molar-refractivity contribution in [2.75, 3.05) is 19.8 Å². The summed E-state index contributed by atoms with van der Waals surface area (Å²) in [5.74, 6) is 0. The van der Waals surface area contributed by atoms with Gasteiger partial charge >= 0.3 is 0 Å². The molecule has 1 heterocycles. The van der Waals surface area contributed by atoms with Crippen LogP contribution in [0.25, 0.3) is 10.9 Å². The third-order valence-electron chi connectivity index (χ3n) is 3.29. The Kier molecular flexibility index (Phi) is 4.44. The maximum atomic E-state index is 9.25. The fourth-order valence-corrected chi connectivity index (χ4v) is 2.08. The molecule has 0 bridgehead atoms. The third-order valence-corrected chi connectivity index (χ3v) is 3.53. The lowest BCUT2D eigenvalue weighted by Gasteiger charge is -2.28. The number of aliphatic hydroxyl groups is 3. The first-order chi connectivity index (χ1) is 9.14. The summed E-state index contributed by atoms with van der Waals surface area (Å²) >= 11 is 5.91. The zero-order valence-electron chi connectivity index (χ0n) is 10.4. The maximum Gasteiger partial charge on any atom is 0.0884 e. The number of rotatable bonds is 6. The minimum absolute atomic E-state index is 0.339. The minimum Gasteiger partial charge on any atom is -0.394 e. The van der Waals surface area contributed by atoms with Gasteiger partial charge in [0.25, 0.3) is 0 Å². The molecule has 2 rings (SSSR count). The Labute approximate surface area is 115 Å². The second-order valence-electron chi connectivity index (χ2n) is 4.61. The number of halogens is 1. The molecule has 1 aromatic heterocycles. The summed E-state index contributed by atoms with van der Waals surface area (Å²) in [6.45, 7) is -0.597. The van der Waals surface area contributed by atoms with Crippen LogP contribution in [0.5, 0.6) is 0 Å². The van der Waals surface area contributed by atoms with Gasteiger partial charge in [-0.05, 0) is 17.7 Å². The normalized spacial score (nSPS) is 12.2. The lowest BCUT2D eigenvalue weighted by Crippen LogP contribution is -2.54. The van der Waals surface area contributed by atoms with Crippen LogP contribution in [0.15, 0.2) is 24.4 Å². The van der Waals surface area contributed by atoms with E-state index in [-0.39, 0.29) is 19.8 Å². The fraction of sp³-hybridized carbons (Fsp3) is 0.385. The van der Waals surface area contributed by atoms with Crippen LogP contribution in [-0.4, -0.2) is 45.7 Å². The molecule has 0 aliphatic carbocycles. The summed E-state index contributed by atoms with van der Waals surface area (Å²) in [5, 5.41) is 32.4. The summed E-state index contributed by atoms with van der Waals surface area (Å²) in [5.41, 5.74) is 0.828. The number of aromatic nitrogens is 1. The summed E-state index contributed by atoms with van der Waals surface area (Å²) in [4.78, 5) is 3.11. The summed E-state index contributed by atoms with van der Waals surface area (Å²) < 4.78 is 0. The molecule has 2 aromatic rings. The molecule has 0 atom stereocenters. The van der Waals surface area contributed by atoms with E-state index in [9.17, 15) is 15.3 Å². The highest BCUT2D eigenvalue weighted by molar-refractivity contribution is 6.31. The van der Waals surface area contributed by atoms with Crippen molar-refractivity contribution in [3.8, 4) is 0 Å². The molecule has 0 unspecified atom stereocenters. The van der Waals surface area contributed by atoms with Gasteiger partial charge < -0.3 is 25.6 Å². The van der Waals surface area contributed by atoms with Gasteiger partial charge in [-0.1, -0.05) is 17.7 Å². The molecule has 0 fully saturated rings. The van der Waals surface area contributed by atoms with Crippen LogP contribution in [0, 0.1) is 0 Å². The fourth-order valence-electron chi connectivity index (χ4n) is 1.91. The van der Waals surface area contributed by atoms with Gasteiger partial charge in [-0.2, -0.15) is 0 Å². The molecule has 0 saturated heterocycles. The first kappa shape index (κ1) is 14.3. The monoisotopic (exact) mass is 284 g/mol. The molecule has 6 heteroatoms. The predicted molar refractivity (Wildman–Crippen MR) is 74.1 cm³/mol. The number of hydrogen-bond acceptors (Lipinski definition) is 4. The van der Waals surface area contributed by atoms with Crippen LogP contribution < -0.4 is 5.32 Å². The van der Waals surface area contributed by atoms with Crippen LogP contribution in [-0.2, 0) is 6.54 Å². The Bertz CT molecular complexity index is 544. The van der Waals surface area contributed by atoms with Crippen molar-refractivity contribution in [3.63, 3.8) is 0 Å². The molecule has 5 N–H and O–H groups in total. The first-order valence-electron chi connectivity index (χ1n) is 5.97. The van der Waals surface area contributed by atoms with Crippen molar-refractivity contribution < 1.29 is 15.3 Å². The molecule has 0 radical (unpaired) electrons. The van der Waals surface area contributed by atoms with Crippen LogP contribution in [0.3, 0.4) is 0 Å². The van der Waals surface area contributed by atoms with Crippen molar-refractivity contribution in [2.45, 2.75) is 12.1 Å². The number of benzene rings is 1. The lowest BCUT2D eigenvalue weighted by molar-refractivity contribution is 0.0414. The summed E-state index contributed by atoms with van der Waals surface area (Å²) in [7, 11) is 0. The molecule has 5 nitrogen and oxygen atoms in total.